The molecule has 162 valence electrons. The predicted octanol–water partition coefficient (Wildman–Crippen LogP) is 3.29. The lowest BCUT2D eigenvalue weighted by atomic mass is 10.1. The summed E-state index contributed by atoms with van der Waals surface area (Å²) in [6.45, 7) is 11.3. The van der Waals surface area contributed by atoms with Gasteiger partial charge in [0.1, 0.15) is 5.60 Å². The fourth-order valence-corrected chi connectivity index (χ4v) is 3.25. The van der Waals surface area contributed by atoms with Crippen LogP contribution in [-0.4, -0.2) is 55.3 Å². The van der Waals surface area contributed by atoms with E-state index in [9.17, 15) is 4.79 Å². The van der Waals surface area contributed by atoms with E-state index < -0.39 is 5.60 Å². The molecule has 0 bridgehead atoms. The molecular formula is C22H36N4O3. The maximum absolute atomic E-state index is 12.0. The lowest BCUT2D eigenvalue weighted by Gasteiger charge is -2.23. The van der Waals surface area contributed by atoms with Gasteiger partial charge in [-0.2, -0.15) is 0 Å². The number of hydrogen-bond donors (Lipinski definition) is 2. The Balaban J connectivity index is 1.86. The number of likely N-dealkylation sites (tertiary alicyclic amines) is 1. The number of rotatable bonds is 7. The van der Waals surface area contributed by atoms with Crippen molar-refractivity contribution in [2.75, 3.05) is 26.7 Å². The number of alkyl carbamates (subject to hydrolysis) is 1. The standard InChI is InChI=1S/C22H36N4O3/c1-6-13-28-16-18-10-8-7-9-17(18)14-24-20(23-5)26-12-11-19(15-26)25-21(27)29-22(2,3)4/h7-10,19H,6,11-16H2,1-5H3,(H,23,24)(H,25,27). The molecule has 1 heterocycles. The number of hydrogen-bond acceptors (Lipinski definition) is 4. The summed E-state index contributed by atoms with van der Waals surface area (Å²) in [6, 6.07) is 8.35. The van der Waals surface area contributed by atoms with Crippen molar-refractivity contribution in [3.05, 3.63) is 35.4 Å². The minimum Gasteiger partial charge on any atom is -0.444 e. The van der Waals surface area contributed by atoms with Gasteiger partial charge in [-0.25, -0.2) is 4.79 Å². The lowest BCUT2D eigenvalue weighted by molar-refractivity contribution is 0.0507. The lowest BCUT2D eigenvalue weighted by Crippen LogP contribution is -2.44. The highest BCUT2D eigenvalue weighted by Gasteiger charge is 2.27. The molecule has 2 N–H and O–H groups in total. The molecule has 7 nitrogen and oxygen atoms in total. The first-order chi connectivity index (χ1) is 13.8. The summed E-state index contributed by atoms with van der Waals surface area (Å²) in [5.74, 6) is 0.836. The Morgan fingerprint density at radius 2 is 2.00 bits per heavy atom. The summed E-state index contributed by atoms with van der Waals surface area (Å²) < 4.78 is 11.1. The molecule has 0 saturated carbocycles. The molecule has 1 saturated heterocycles. The van der Waals surface area contributed by atoms with E-state index in [1.165, 1.54) is 11.1 Å². The van der Waals surface area contributed by atoms with Crippen molar-refractivity contribution in [2.24, 2.45) is 4.99 Å². The van der Waals surface area contributed by atoms with Gasteiger partial charge in [-0.05, 0) is 44.7 Å². The van der Waals surface area contributed by atoms with Gasteiger partial charge in [-0.1, -0.05) is 31.2 Å². The Morgan fingerprint density at radius 3 is 2.66 bits per heavy atom. The number of amides is 1. The smallest absolute Gasteiger partial charge is 0.407 e. The number of nitrogens with one attached hydrogen (secondary N) is 2. The number of carbonyl (C=O) groups is 1. The van der Waals surface area contributed by atoms with E-state index in [0.717, 1.165) is 32.0 Å². The van der Waals surface area contributed by atoms with E-state index >= 15 is 0 Å². The van der Waals surface area contributed by atoms with E-state index in [4.69, 9.17) is 9.47 Å². The summed E-state index contributed by atoms with van der Waals surface area (Å²) in [7, 11) is 1.78. The van der Waals surface area contributed by atoms with Gasteiger partial charge in [-0.15, -0.1) is 0 Å². The van der Waals surface area contributed by atoms with Crippen LogP contribution in [0, 0.1) is 0 Å². The number of guanidine groups is 1. The van der Waals surface area contributed by atoms with Crippen molar-refractivity contribution in [1.82, 2.24) is 15.5 Å². The molecular weight excluding hydrogens is 368 g/mol. The molecule has 1 aromatic rings. The topological polar surface area (TPSA) is 75.2 Å². The number of ether oxygens (including phenoxy) is 2. The minimum absolute atomic E-state index is 0.0538. The van der Waals surface area contributed by atoms with Crippen molar-refractivity contribution in [1.29, 1.82) is 0 Å². The SMILES string of the molecule is CCCOCc1ccccc1CNC(=NC)N1CCC(NC(=O)OC(C)(C)C)C1. The van der Waals surface area contributed by atoms with Crippen LogP contribution in [0.5, 0.6) is 0 Å². The molecule has 1 amide bonds. The number of aliphatic imine (C=N–C) groups is 1. The molecule has 2 rings (SSSR count). The van der Waals surface area contributed by atoms with Crippen LogP contribution in [0.15, 0.2) is 29.3 Å². The van der Waals surface area contributed by atoms with Crippen LogP contribution in [0.1, 0.15) is 51.7 Å². The molecule has 0 radical (unpaired) electrons. The Hall–Kier alpha value is -2.28. The molecule has 0 spiro atoms. The summed E-state index contributed by atoms with van der Waals surface area (Å²) in [5, 5.41) is 6.40. The van der Waals surface area contributed by atoms with Gasteiger partial charge in [0.05, 0.1) is 12.6 Å². The number of carbonyl (C=O) groups excluding carboxylic acids is 1. The summed E-state index contributed by atoms with van der Waals surface area (Å²) in [4.78, 5) is 18.6. The number of nitrogens with zero attached hydrogens (tertiary/aromatic N) is 2. The van der Waals surface area contributed by atoms with Gasteiger partial charge in [0.2, 0.25) is 0 Å². The van der Waals surface area contributed by atoms with E-state index in [1.807, 2.05) is 32.9 Å². The molecule has 7 heteroatoms. The van der Waals surface area contributed by atoms with Crippen molar-refractivity contribution >= 4 is 12.1 Å². The average Bonchev–Trinajstić information content (AvgIpc) is 3.10. The molecule has 1 aliphatic heterocycles. The highest BCUT2D eigenvalue weighted by Crippen LogP contribution is 2.14. The Morgan fingerprint density at radius 1 is 1.28 bits per heavy atom. The summed E-state index contributed by atoms with van der Waals surface area (Å²) in [6.07, 6.45) is 1.51. The summed E-state index contributed by atoms with van der Waals surface area (Å²) in [5.41, 5.74) is 1.90. The van der Waals surface area contributed by atoms with E-state index in [1.54, 1.807) is 7.05 Å². The van der Waals surface area contributed by atoms with Gasteiger partial charge in [-0.3, -0.25) is 4.99 Å². The molecule has 0 aliphatic carbocycles. The second-order valence-electron chi connectivity index (χ2n) is 8.30. The largest absolute Gasteiger partial charge is 0.444 e. The van der Waals surface area contributed by atoms with Crippen LogP contribution in [0.4, 0.5) is 4.79 Å². The second kappa shape index (κ2) is 11.0. The third-order valence-corrected chi connectivity index (χ3v) is 4.58. The minimum atomic E-state index is -0.492. The monoisotopic (exact) mass is 404 g/mol. The zero-order valence-corrected chi connectivity index (χ0v) is 18.5. The van der Waals surface area contributed by atoms with Crippen LogP contribution in [-0.2, 0) is 22.6 Å². The molecule has 1 aliphatic rings. The van der Waals surface area contributed by atoms with Crippen molar-refractivity contribution in [2.45, 2.75) is 65.3 Å². The van der Waals surface area contributed by atoms with Crippen LogP contribution in [0.2, 0.25) is 0 Å². The van der Waals surface area contributed by atoms with Gasteiger partial charge in [0.25, 0.3) is 0 Å². The second-order valence-corrected chi connectivity index (χ2v) is 8.30. The maximum atomic E-state index is 12.0. The third kappa shape index (κ3) is 7.93. The van der Waals surface area contributed by atoms with Crippen LogP contribution in [0.25, 0.3) is 0 Å². The third-order valence-electron chi connectivity index (χ3n) is 4.58. The maximum Gasteiger partial charge on any atom is 0.407 e. The first-order valence-electron chi connectivity index (χ1n) is 10.4. The molecule has 1 unspecified atom stereocenters. The van der Waals surface area contributed by atoms with Crippen LogP contribution in [0.3, 0.4) is 0 Å². The average molecular weight is 405 g/mol. The van der Waals surface area contributed by atoms with Crippen molar-refractivity contribution < 1.29 is 14.3 Å². The van der Waals surface area contributed by atoms with Gasteiger partial charge in [0, 0.05) is 33.3 Å². The Kier molecular flexibility index (Phi) is 8.76. The first kappa shape index (κ1) is 23.0. The van der Waals surface area contributed by atoms with Gasteiger partial charge in [0.15, 0.2) is 5.96 Å². The Bertz CT molecular complexity index is 685. The summed E-state index contributed by atoms with van der Waals surface area (Å²) >= 11 is 0. The van der Waals surface area contributed by atoms with Gasteiger partial charge < -0.3 is 25.0 Å². The van der Waals surface area contributed by atoms with Crippen molar-refractivity contribution in [3.8, 4) is 0 Å². The van der Waals surface area contributed by atoms with Crippen molar-refractivity contribution in [3.63, 3.8) is 0 Å². The van der Waals surface area contributed by atoms with Gasteiger partial charge >= 0.3 is 6.09 Å². The highest BCUT2D eigenvalue weighted by atomic mass is 16.6. The zero-order valence-electron chi connectivity index (χ0n) is 18.5. The van der Waals surface area contributed by atoms with E-state index in [-0.39, 0.29) is 12.1 Å². The molecule has 29 heavy (non-hydrogen) atoms. The first-order valence-corrected chi connectivity index (χ1v) is 10.4. The molecule has 1 atom stereocenters. The Labute approximate surface area is 174 Å². The van der Waals surface area contributed by atoms with E-state index in [0.29, 0.717) is 19.7 Å². The quantitative estimate of drug-likeness (QED) is 0.414. The predicted molar refractivity (Wildman–Crippen MR) is 116 cm³/mol. The molecule has 0 aromatic heterocycles. The highest BCUT2D eigenvalue weighted by molar-refractivity contribution is 5.80. The van der Waals surface area contributed by atoms with Crippen LogP contribution < -0.4 is 10.6 Å². The zero-order chi connectivity index (χ0) is 21.3. The molecule has 1 aromatic carbocycles. The van der Waals surface area contributed by atoms with E-state index in [2.05, 4.69) is 39.6 Å². The fourth-order valence-electron chi connectivity index (χ4n) is 3.25. The molecule has 1 fully saturated rings. The normalized spacial score (nSPS) is 17.3. The fraction of sp³-hybridized carbons (Fsp3) is 0.636. The van der Waals surface area contributed by atoms with Crippen LogP contribution >= 0.6 is 0 Å². The number of benzene rings is 1.